The summed E-state index contributed by atoms with van der Waals surface area (Å²) in [6, 6.07) is 11.4. The molecule has 1 N–H and O–H groups in total. The van der Waals surface area contributed by atoms with Crippen molar-refractivity contribution in [2.75, 3.05) is 11.1 Å². The number of alkyl halides is 3. The van der Waals surface area contributed by atoms with E-state index < -0.39 is 23.7 Å². The third-order valence-electron chi connectivity index (χ3n) is 4.60. The average molecular weight is 432 g/mol. The number of benzene rings is 2. The summed E-state index contributed by atoms with van der Waals surface area (Å²) in [5, 5.41) is 2.70. The average Bonchev–Trinajstić information content (AvgIpc) is 3.01. The zero-order valence-electron chi connectivity index (χ0n) is 15.6. The maximum Gasteiger partial charge on any atom is 0.418 e. The Hall–Kier alpha value is -3.14. The molecule has 0 saturated heterocycles. The highest BCUT2D eigenvalue weighted by Gasteiger charge is 2.39. The number of nitrogens with zero attached hydrogens (tertiary/aromatic N) is 3. The second kappa shape index (κ2) is 7.60. The number of aliphatic imine (C=N–C) groups is 2. The molecular formula is C20H15F3N4O2S. The lowest BCUT2D eigenvalue weighted by Crippen LogP contribution is -2.42. The minimum absolute atomic E-state index is 0.183. The fourth-order valence-electron chi connectivity index (χ4n) is 3.17. The van der Waals surface area contributed by atoms with Crippen LogP contribution in [0.1, 0.15) is 18.1 Å². The Labute approximate surface area is 173 Å². The Bertz CT molecular complexity index is 1100. The highest BCUT2D eigenvalue weighted by molar-refractivity contribution is 8.14. The molecule has 4 rings (SSSR count). The molecule has 30 heavy (non-hydrogen) atoms. The van der Waals surface area contributed by atoms with Crippen LogP contribution in [-0.2, 0) is 15.8 Å². The Morgan fingerprint density at radius 2 is 1.83 bits per heavy atom. The minimum Gasteiger partial charge on any atom is -0.325 e. The van der Waals surface area contributed by atoms with Crippen LogP contribution in [0.25, 0.3) is 0 Å². The number of anilines is 1. The van der Waals surface area contributed by atoms with Gasteiger partial charge in [0.1, 0.15) is 11.9 Å². The van der Waals surface area contributed by atoms with Crippen LogP contribution in [0.4, 0.5) is 24.5 Å². The molecule has 0 aliphatic carbocycles. The van der Waals surface area contributed by atoms with Crippen LogP contribution >= 0.6 is 11.8 Å². The van der Waals surface area contributed by atoms with Gasteiger partial charge in [-0.1, -0.05) is 36.0 Å². The van der Waals surface area contributed by atoms with Crippen LogP contribution < -0.4 is 5.32 Å². The Kier molecular flexibility index (Phi) is 5.10. The maximum atomic E-state index is 13.1. The van der Waals surface area contributed by atoms with Crippen molar-refractivity contribution in [3.05, 3.63) is 59.7 Å². The standard InChI is InChI=1S/C20H15F3N4O2S/c1-11-18(29)26-17-12-6-2-4-8-14(12)25-19(27(11)17)30-10-16(28)24-15-9-5-3-7-13(15)20(21,22)23/h2-9,11H,10H2,1H3,(H,24,28). The molecule has 0 bridgehead atoms. The first-order valence-corrected chi connectivity index (χ1v) is 9.93. The Balaban J connectivity index is 1.53. The van der Waals surface area contributed by atoms with Gasteiger partial charge in [0.15, 0.2) is 5.17 Å². The predicted molar refractivity (Wildman–Crippen MR) is 109 cm³/mol. The van der Waals surface area contributed by atoms with E-state index in [1.54, 1.807) is 30.0 Å². The largest absolute Gasteiger partial charge is 0.418 e. The van der Waals surface area contributed by atoms with E-state index in [0.29, 0.717) is 22.3 Å². The van der Waals surface area contributed by atoms with E-state index in [-0.39, 0.29) is 17.3 Å². The molecule has 6 nitrogen and oxygen atoms in total. The zero-order valence-corrected chi connectivity index (χ0v) is 16.4. The van der Waals surface area contributed by atoms with Crippen molar-refractivity contribution in [3.8, 4) is 0 Å². The number of nitrogens with one attached hydrogen (secondary N) is 1. The quantitative estimate of drug-likeness (QED) is 0.794. The number of para-hydroxylation sites is 2. The van der Waals surface area contributed by atoms with Crippen LogP contribution in [0.2, 0.25) is 0 Å². The van der Waals surface area contributed by atoms with E-state index in [2.05, 4.69) is 15.3 Å². The van der Waals surface area contributed by atoms with E-state index >= 15 is 0 Å². The molecule has 2 heterocycles. The van der Waals surface area contributed by atoms with Gasteiger partial charge in [-0.3, -0.25) is 14.5 Å². The van der Waals surface area contributed by atoms with Crippen LogP contribution in [0.15, 0.2) is 58.5 Å². The first kappa shape index (κ1) is 20.1. The van der Waals surface area contributed by atoms with Gasteiger partial charge in [-0.25, -0.2) is 4.99 Å². The van der Waals surface area contributed by atoms with E-state index in [4.69, 9.17) is 0 Å². The molecule has 0 aromatic heterocycles. The maximum absolute atomic E-state index is 13.1. The van der Waals surface area contributed by atoms with Gasteiger partial charge >= 0.3 is 6.18 Å². The number of carbonyl (C=O) groups excluding carboxylic acids is 2. The van der Waals surface area contributed by atoms with Gasteiger partial charge in [-0.15, -0.1) is 0 Å². The predicted octanol–water partition coefficient (Wildman–Crippen LogP) is 4.06. The van der Waals surface area contributed by atoms with Crippen LogP contribution in [0.3, 0.4) is 0 Å². The summed E-state index contributed by atoms with van der Waals surface area (Å²) < 4.78 is 39.3. The van der Waals surface area contributed by atoms with Gasteiger partial charge < -0.3 is 5.32 Å². The van der Waals surface area contributed by atoms with E-state index in [1.807, 2.05) is 6.07 Å². The second-order valence-electron chi connectivity index (χ2n) is 6.61. The molecule has 0 saturated carbocycles. The molecule has 0 fully saturated rings. The summed E-state index contributed by atoms with van der Waals surface area (Å²) in [6.07, 6.45) is -4.58. The number of hydrogen-bond acceptors (Lipinski definition) is 5. The second-order valence-corrected chi connectivity index (χ2v) is 7.55. The third kappa shape index (κ3) is 3.70. The summed E-state index contributed by atoms with van der Waals surface area (Å²) in [6.45, 7) is 1.68. The van der Waals surface area contributed by atoms with Crippen LogP contribution in [-0.4, -0.2) is 39.5 Å². The van der Waals surface area contributed by atoms with Crippen molar-refractivity contribution in [2.45, 2.75) is 19.1 Å². The van der Waals surface area contributed by atoms with Crippen molar-refractivity contribution in [2.24, 2.45) is 9.98 Å². The van der Waals surface area contributed by atoms with Crippen molar-refractivity contribution in [1.82, 2.24) is 4.90 Å². The van der Waals surface area contributed by atoms with Crippen molar-refractivity contribution < 1.29 is 22.8 Å². The third-order valence-corrected chi connectivity index (χ3v) is 5.55. The summed E-state index contributed by atoms with van der Waals surface area (Å²) in [4.78, 5) is 34.7. The van der Waals surface area contributed by atoms with Gasteiger partial charge in [-0.2, -0.15) is 18.2 Å². The molecular weight excluding hydrogens is 417 g/mol. The summed E-state index contributed by atoms with van der Waals surface area (Å²) in [5.74, 6) is -0.658. The first-order chi connectivity index (χ1) is 14.3. The number of rotatable bonds is 3. The number of amidine groups is 2. The fraction of sp³-hybridized carbons (Fsp3) is 0.200. The van der Waals surface area contributed by atoms with Crippen molar-refractivity contribution >= 4 is 46.0 Å². The smallest absolute Gasteiger partial charge is 0.325 e. The van der Waals surface area contributed by atoms with Gasteiger partial charge in [0, 0.05) is 5.56 Å². The number of halogens is 3. The van der Waals surface area contributed by atoms with E-state index in [0.717, 1.165) is 17.8 Å². The molecule has 154 valence electrons. The Morgan fingerprint density at radius 1 is 1.13 bits per heavy atom. The molecule has 2 amide bonds. The lowest BCUT2D eigenvalue weighted by molar-refractivity contribution is -0.137. The number of amides is 2. The number of carbonyl (C=O) groups is 2. The first-order valence-electron chi connectivity index (χ1n) is 8.94. The summed E-state index contributed by atoms with van der Waals surface area (Å²) in [7, 11) is 0. The highest BCUT2D eigenvalue weighted by atomic mass is 32.2. The van der Waals surface area contributed by atoms with Gasteiger partial charge in [0.05, 0.1) is 22.7 Å². The number of fused-ring (bicyclic) bond motifs is 3. The topological polar surface area (TPSA) is 74.1 Å². The van der Waals surface area contributed by atoms with E-state index in [9.17, 15) is 22.8 Å². The fourth-order valence-corrected chi connectivity index (χ4v) is 4.05. The minimum atomic E-state index is -4.58. The van der Waals surface area contributed by atoms with Crippen molar-refractivity contribution in [1.29, 1.82) is 0 Å². The highest BCUT2D eigenvalue weighted by Crippen LogP contribution is 2.36. The molecule has 10 heteroatoms. The molecule has 2 aliphatic rings. The van der Waals surface area contributed by atoms with Crippen LogP contribution in [0.5, 0.6) is 0 Å². The number of hydrogen-bond donors (Lipinski definition) is 1. The summed E-state index contributed by atoms with van der Waals surface area (Å²) >= 11 is 1.03. The molecule has 2 aliphatic heterocycles. The molecule has 2 aromatic carbocycles. The lowest BCUT2D eigenvalue weighted by atomic mass is 10.1. The van der Waals surface area contributed by atoms with Gasteiger partial charge in [0.25, 0.3) is 5.91 Å². The summed E-state index contributed by atoms with van der Waals surface area (Å²) in [5.41, 5.74) is 0.0989. The molecule has 1 atom stereocenters. The van der Waals surface area contributed by atoms with E-state index in [1.165, 1.54) is 18.2 Å². The number of thioether (sulfide) groups is 1. The lowest BCUT2D eigenvalue weighted by Gasteiger charge is -2.29. The van der Waals surface area contributed by atoms with Crippen LogP contribution in [0, 0.1) is 0 Å². The van der Waals surface area contributed by atoms with Crippen molar-refractivity contribution in [3.63, 3.8) is 0 Å². The van der Waals surface area contributed by atoms with Gasteiger partial charge in [0.2, 0.25) is 5.91 Å². The van der Waals surface area contributed by atoms with Gasteiger partial charge in [-0.05, 0) is 31.2 Å². The normalized spacial score (nSPS) is 17.8. The Morgan fingerprint density at radius 3 is 2.60 bits per heavy atom. The zero-order chi connectivity index (χ0) is 21.5. The molecule has 2 aromatic rings. The molecule has 0 spiro atoms. The molecule has 0 radical (unpaired) electrons. The monoisotopic (exact) mass is 432 g/mol. The SMILES string of the molecule is CC1C(=O)N=C2c3ccccc3N=C(SCC(=O)Nc3ccccc3C(F)(F)F)N21. The molecule has 1 unspecified atom stereocenters.